The molecule has 31 heavy (non-hydrogen) atoms. The molecular formula is C23H25FN6O. The van der Waals surface area contributed by atoms with Crippen LogP contribution in [0.15, 0.2) is 36.7 Å². The molecule has 2 aromatic heterocycles. The van der Waals surface area contributed by atoms with Gasteiger partial charge in [-0.2, -0.15) is 4.98 Å². The van der Waals surface area contributed by atoms with Gasteiger partial charge in [-0.15, -0.1) is 0 Å². The minimum absolute atomic E-state index is 0.0464. The summed E-state index contributed by atoms with van der Waals surface area (Å²) in [7, 11) is 1.82. The van der Waals surface area contributed by atoms with Crippen molar-refractivity contribution in [2.45, 2.75) is 44.8 Å². The van der Waals surface area contributed by atoms with Gasteiger partial charge in [0.15, 0.2) is 5.82 Å². The van der Waals surface area contributed by atoms with Crippen LogP contribution in [0.25, 0.3) is 10.9 Å². The van der Waals surface area contributed by atoms with Crippen LogP contribution in [0.5, 0.6) is 0 Å². The molecule has 2 bridgehead atoms. The highest BCUT2D eigenvalue weighted by molar-refractivity contribution is 5.85. The molecule has 4 aliphatic rings. The van der Waals surface area contributed by atoms with Gasteiger partial charge in [0.1, 0.15) is 11.9 Å². The van der Waals surface area contributed by atoms with Crippen molar-refractivity contribution in [1.82, 2.24) is 15.0 Å². The maximum absolute atomic E-state index is 14.5. The molecule has 0 radical (unpaired) electrons. The van der Waals surface area contributed by atoms with E-state index in [0.29, 0.717) is 24.1 Å². The summed E-state index contributed by atoms with van der Waals surface area (Å²) in [6.45, 7) is 2.02. The zero-order valence-electron chi connectivity index (χ0n) is 17.5. The van der Waals surface area contributed by atoms with E-state index in [4.69, 9.17) is 4.98 Å². The number of rotatable bonds is 3. The molecule has 7 rings (SSSR count). The number of aromatic nitrogens is 3. The Labute approximate surface area is 179 Å². The highest BCUT2D eigenvalue weighted by atomic mass is 19.1. The maximum Gasteiger partial charge on any atom is 0.229 e. The Kier molecular flexibility index (Phi) is 4.08. The predicted octanol–water partition coefficient (Wildman–Crippen LogP) is 3.75. The molecule has 3 aliphatic carbocycles. The average molecular weight is 420 g/mol. The fraction of sp³-hybridized carbons (Fsp3) is 0.435. The molecule has 1 aliphatic heterocycles. The van der Waals surface area contributed by atoms with E-state index in [2.05, 4.69) is 15.3 Å². The minimum Gasteiger partial charge on any atom is -0.356 e. The van der Waals surface area contributed by atoms with Crippen molar-refractivity contribution >= 4 is 34.0 Å². The van der Waals surface area contributed by atoms with E-state index < -0.39 is 12.5 Å². The topological polar surface area (TPSA) is 77.4 Å². The molecule has 0 amide bonds. The summed E-state index contributed by atoms with van der Waals surface area (Å²) in [4.78, 5) is 17.3. The fourth-order valence-corrected chi connectivity index (χ4v) is 5.37. The molecule has 8 heteroatoms. The van der Waals surface area contributed by atoms with Crippen LogP contribution in [0.3, 0.4) is 0 Å². The minimum atomic E-state index is -0.859. The third kappa shape index (κ3) is 2.85. The molecule has 0 saturated heterocycles. The van der Waals surface area contributed by atoms with Gasteiger partial charge in [0.05, 0.1) is 11.7 Å². The molecule has 3 aromatic rings. The third-order valence-corrected chi connectivity index (χ3v) is 7.26. The second kappa shape index (κ2) is 6.75. The van der Waals surface area contributed by atoms with Crippen LogP contribution in [-0.2, 0) is 0 Å². The number of alkyl halides is 1. The monoisotopic (exact) mass is 420 g/mol. The van der Waals surface area contributed by atoms with Crippen molar-refractivity contribution in [3.05, 3.63) is 42.2 Å². The van der Waals surface area contributed by atoms with Gasteiger partial charge in [0, 0.05) is 30.4 Å². The SMILES string of the molecule is Cc1cc2ncccc2cc1Nc1ncc2c(n1)N([C@@H]1CC(F)C3CC1C3)C(O)N2C. The van der Waals surface area contributed by atoms with Crippen LogP contribution in [0.4, 0.5) is 27.5 Å². The molecule has 3 atom stereocenters. The number of hydrogen-bond donors (Lipinski definition) is 2. The fourth-order valence-electron chi connectivity index (χ4n) is 5.37. The summed E-state index contributed by atoms with van der Waals surface area (Å²) < 4.78 is 14.5. The largest absolute Gasteiger partial charge is 0.356 e. The zero-order valence-corrected chi connectivity index (χ0v) is 17.5. The van der Waals surface area contributed by atoms with Gasteiger partial charge in [-0.25, -0.2) is 9.37 Å². The summed E-state index contributed by atoms with van der Waals surface area (Å²) >= 11 is 0. The Morgan fingerprint density at radius 1 is 1.16 bits per heavy atom. The van der Waals surface area contributed by atoms with Gasteiger partial charge in [0.2, 0.25) is 12.3 Å². The standard InChI is InChI=1S/C23H25FN6O/c1-12-6-18-13(4-3-5-25-18)9-17(12)27-22-26-11-20-21(28-22)30(23(31)29(20)2)19-10-16(24)14-7-15(19)8-14/h3-6,9,11,14-16,19,23,31H,7-8,10H2,1-2H3,(H,26,27,28)/t14?,15?,16?,19-,23?/m1/s1. The lowest BCUT2D eigenvalue weighted by atomic mass is 9.61. The van der Waals surface area contributed by atoms with Crippen molar-refractivity contribution < 1.29 is 9.50 Å². The second-order valence-electron chi connectivity index (χ2n) is 9.07. The Balaban J connectivity index is 1.35. The highest BCUT2D eigenvalue weighted by Crippen LogP contribution is 2.52. The molecule has 2 N–H and O–H groups in total. The van der Waals surface area contributed by atoms with Crippen LogP contribution in [0.1, 0.15) is 24.8 Å². The number of nitrogens with one attached hydrogen (secondary N) is 1. The first-order valence-corrected chi connectivity index (χ1v) is 10.8. The Hall–Kier alpha value is -3.00. The summed E-state index contributed by atoms with van der Waals surface area (Å²) in [5, 5.41) is 15.3. The Bertz CT molecular complexity index is 1170. The van der Waals surface area contributed by atoms with Crippen LogP contribution in [-0.4, -0.2) is 45.7 Å². The summed E-state index contributed by atoms with van der Waals surface area (Å²) in [6, 6.07) is 7.96. The van der Waals surface area contributed by atoms with Crippen LogP contribution >= 0.6 is 0 Å². The number of aryl methyl sites for hydroxylation is 1. The lowest BCUT2D eigenvalue weighted by Gasteiger charge is -2.52. The van der Waals surface area contributed by atoms with Gasteiger partial charge in [-0.05, 0) is 61.8 Å². The van der Waals surface area contributed by atoms with E-state index in [1.165, 1.54) is 0 Å². The first-order valence-electron chi connectivity index (χ1n) is 10.8. The van der Waals surface area contributed by atoms with E-state index in [1.807, 2.05) is 43.1 Å². The van der Waals surface area contributed by atoms with E-state index in [9.17, 15) is 9.50 Å². The number of halogens is 1. The zero-order chi connectivity index (χ0) is 21.3. The van der Waals surface area contributed by atoms with E-state index in [-0.39, 0.29) is 12.0 Å². The van der Waals surface area contributed by atoms with Crippen molar-refractivity contribution in [3.63, 3.8) is 0 Å². The van der Waals surface area contributed by atoms with Crippen molar-refractivity contribution in [1.29, 1.82) is 0 Å². The Morgan fingerprint density at radius 2 is 2.00 bits per heavy atom. The number of aliphatic hydroxyl groups excluding tert-OH is 1. The highest BCUT2D eigenvalue weighted by Gasteiger charge is 2.52. The van der Waals surface area contributed by atoms with Crippen molar-refractivity contribution in [2.75, 3.05) is 22.2 Å². The molecule has 3 saturated carbocycles. The van der Waals surface area contributed by atoms with Crippen LogP contribution in [0.2, 0.25) is 0 Å². The number of pyridine rings is 1. The van der Waals surface area contributed by atoms with E-state index >= 15 is 0 Å². The molecule has 160 valence electrons. The Morgan fingerprint density at radius 3 is 2.81 bits per heavy atom. The normalized spacial score (nSPS) is 29.1. The number of fused-ring (bicyclic) bond motifs is 4. The molecular weight excluding hydrogens is 395 g/mol. The van der Waals surface area contributed by atoms with Crippen LogP contribution < -0.4 is 15.1 Å². The summed E-state index contributed by atoms with van der Waals surface area (Å²) in [5.74, 6) is 1.73. The lowest BCUT2D eigenvalue weighted by Crippen LogP contribution is -2.58. The number of aliphatic hydroxyl groups is 1. The lowest BCUT2D eigenvalue weighted by molar-refractivity contribution is -0.00616. The number of benzene rings is 1. The summed E-state index contributed by atoms with van der Waals surface area (Å²) in [6.07, 6.45) is 4.09. The number of anilines is 4. The van der Waals surface area contributed by atoms with E-state index in [1.54, 1.807) is 17.3 Å². The second-order valence-corrected chi connectivity index (χ2v) is 9.07. The third-order valence-electron chi connectivity index (χ3n) is 7.26. The molecule has 2 unspecified atom stereocenters. The molecule has 3 fully saturated rings. The quantitative estimate of drug-likeness (QED) is 0.668. The van der Waals surface area contributed by atoms with Crippen LogP contribution in [0, 0.1) is 18.8 Å². The average Bonchev–Trinajstić information content (AvgIpc) is 2.97. The van der Waals surface area contributed by atoms with Crippen molar-refractivity contribution in [3.8, 4) is 0 Å². The first kappa shape index (κ1) is 18.7. The van der Waals surface area contributed by atoms with Gasteiger partial charge in [0.25, 0.3) is 0 Å². The maximum atomic E-state index is 14.5. The number of nitrogens with zero attached hydrogens (tertiary/aromatic N) is 5. The first-order chi connectivity index (χ1) is 15.0. The van der Waals surface area contributed by atoms with E-state index in [0.717, 1.165) is 40.7 Å². The summed E-state index contributed by atoms with van der Waals surface area (Å²) in [5.41, 5.74) is 3.64. The molecule has 0 spiro atoms. The smallest absolute Gasteiger partial charge is 0.229 e. The molecule has 3 heterocycles. The predicted molar refractivity (Wildman–Crippen MR) is 118 cm³/mol. The van der Waals surface area contributed by atoms with Gasteiger partial charge in [-0.3, -0.25) is 4.98 Å². The van der Waals surface area contributed by atoms with Gasteiger partial charge in [-0.1, -0.05) is 6.07 Å². The van der Waals surface area contributed by atoms with Gasteiger partial charge < -0.3 is 20.2 Å². The number of hydrogen-bond acceptors (Lipinski definition) is 7. The molecule has 1 aromatic carbocycles. The van der Waals surface area contributed by atoms with Crippen molar-refractivity contribution in [2.24, 2.45) is 11.8 Å². The molecule has 7 nitrogen and oxygen atoms in total. The van der Waals surface area contributed by atoms with Gasteiger partial charge >= 0.3 is 0 Å².